The predicted octanol–water partition coefficient (Wildman–Crippen LogP) is 2.20. The Labute approximate surface area is 139 Å². The maximum atomic E-state index is 13.1. The first-order valence-electron chi connectivity index (χ1n) is 6.88. The Morgan fingerprint density at radius 3 is 2.29 bits per heavy atom. The molecule has 0 bridgehead atoms. The summed E-state index contributed by atoms with van der Waals surface area (Å²) in [5.74, 6) is -1.04. The Morgan fingerprint density at radius 2 is 1.71 bits per heavy atom. The lowest BCUT2D eigenvalue weighted by Gasteiger charge is -2.24. The Hall–Kier alpha value is -2.61. The van der Waals surface area contributed by atoms with Crippen LogP contribution in [0.2, 0.25) is 0 Å². The van der Waals surface area contributed by atoms with Crippen molar-refractivity contribution in [2.24, 2.45) is 0 Å². The van der Waals surface area contributed by atoms with Gasteiger partial charge in [0, 0.05) is 0 Å². The van der Waals surface area contributed by atoms with E-state index in [1.165, 1.54) is 13.2 Å². The minimum atomic E-state index is -4.12. The van der Waals surface area contributed by atoms with Crippen LogP contribution in [0.15, 0.2) is 53.4 Å². The molecule has 0 unspecified atom stereocenters. The van der Waals surface area contributed by atoms with Crippen molar-refractivity contribution in [1.82, 2.24) is 0 Å². The molecular weight excluding hydrogens is 337 g/mol. The Bertz CT molecular complexity index is 821. The summed E-state index contributed by atoms with van der Waals surface area (Å²) >= 11 is 0. The molecule has 0 saturated heterocycles. The van der Waals surface area contributed by atoms with Crippen LogP contribution < -0.4 is 9.04 Å². The van der Waals surface area contributed by atoms with E-state index in [1.807, 2.05) is 0 Å². The molecule has 0 N–H and O–H groups in total. The number of ether oxygens (including phenoxy) is 2. The van der Waals surface area contributed by atoms with E-state index in [9.17, 15) is 17.6 Å². The molecule has 0 saturated carbocycles. The van der Waals surface area contributed by atoms with Gasteiger partial charge in [-0.3, -0.25) is 9.10 Å². The molecule has 0 aromatic heterocycles. The second-order valence-corrected chi connectivity index (χ2v) is 6.58. The van der Waals surface area contributed by atoms with Crippen LogP contribution in [0.4, 0.5) is 10.1 Å². The molecule has 2 rings (SSSR count). The zero-order valence-corrected chi connectivity index (χ0v) is 13.9. The molecule has 2 aromatic rings. The van der Waals surface area contributed by atoms with Gasteiger partial charge in [-0.25, -0.2) is 12.8 Å². The molecule has 24 heavy (non-hydrogen) atoms. The van der Waals surface area contributed by atoms with Gasteiger partial charge >= 0.3 is 5.97 Å². The molecule has 0 aliphatic rings. The molecular formula is C16H16FNO5S. The van der Waals surface area contributed by atoms with E-state index < -0.39 is 28.4 Å². The minimum absolute atomic E-state index is 0.154. The van der Waals surface area contributed by atoms with Gasteiger partial charge in [0.1, 0.15) is 18.1 Å². The number of para-hydroxylation sites is 2. The van der Waals surface area contributed by atoms with Gasteiger partial charge in [0.25, 0.3) is 10.0 Å². The normalized spacial score (nSPS) is 11.0. The number of hydrogen-bond donors (Lipinski definition) is 0. The van der Waals surface area contributed by atoms with E-state index in [4.69, 9.17) is 4.74 Å². The summed E-state index contributed by atoms with van der Waals surface area (Å²) in [6.07, 6.45) is 0. The van der Waals surface area contributed by atoms with Crippen molar-refractivity contribution in [2.75, 3.05) is 25.1 Å². The topological polar surface area (TPSA) is 72.9 Å². The number of anilines is 1. The van der Waals surface area contributed by atoms with Crippen LogP contribution >= 0.6 is 0 Å². The zero-order valence-electron chi connectivity index (χ0n) is 13.1. The average molecular weight is 353 g/mol. The highest BCUT2D eigenvalue weighted by molar-refractivity contribution is 7.92. The first-order valence-corrected chi connectivity index (χ1v) is 8.32. The number of sulfonamides is 1. The van der Waals surface area contributed by atoms with Gasteiger partial charge in [-0.15, -0.1) is 0 Å². The fourth-order valence-corrected chi connectivity index (χ4v) is 3.47. The number of methoxy groups -OCH3 is 2. The third kappa shape index (κ3) is 3.65. The Balaban J connectivity index is 2.57. The molecule has 0 atom stereocenters. The summed E-state index contributed by atoms with van der Waals surface area (Å²) in [4.78, 5) is 11.5. The zero-order chi connectivity index (χ0) is 17.7. The van der Waals surface area contributed by atoms with Crippen LogP contribution in [0, 0.1) is 5.82 Å². The fourth-order valence-electron chi connectivity index (χ4n) is 2.05. The summed E-state index contributed by atoms with van der Waals surface area (Å²) in [5.41, 5.74) is 0.176. The van der Waals surface area contributed by atoms with Gasteiger partial charge in [0.2, 0.25) is 0 Å². The summed E-state index contributed by atoms with van der Waals surface area (Å²) < 4.78 is 49.5. The van der Waals surface area contributed by atoms with Crippen LogP contribution in [-0.4, -0.2) is 35.2 Å². The first-order chi connectivity index (χ1) is 11.4. The molecule has 0 heterocycles. The highest BCUT2D eigenvalue weighted by Gasteiger charge is 2.29. The minimum Gasteiger partial charge on any atom is -0.495 e. The smallest absolute Gasteiger partial charge is 0.326 e. The molecule has 0 aliphatic carbocycles. The Morgan fingerprint density at radius 1 is 1.08 bits per heavy atom. The lowest BCUT2D eigenvalue weighted by Crippen LogP contribution is -2.36. The van der Waals surface area contributed by atoms with Crippen molar-refractivity contribution in [2.45, 2.75) is 4.90 Å². The first kappa shape index (κ1) is 17.7. The quantitative estimate of drug-likeness (QED) is 0.745. The predicted molar refractivity (Wildman–Crippen MR) is 85.9 cm³/mol. The summed E-state index contributed by atoms with van der Waals surface area (Å²) in [6, 6.07) is 10.7. The van der Waals surface area contributed by atoms with Crippen molar-refractivity contribution in [1.29, 1.82) is 0 Å². The van der Waals surface area contributed by atoms with Crippen LogP contribution in [-0.2, 0) is 19.6 Å². The third-order valence-electron chi connectivity index (χ3n) is 3.26. The molecule has 0 amide bonds. The van der Waals surface area contributed by atoms with E-state index in [0.29, 0.717) is 0 Å². The number of nitrogens with zero attached hydrogens (tertiary/aromatic N) is 1. The lowest BCUT2D eigenvalue weighted by atomic mass is 10.3. The molecule has 0 fully saturated rings. The van der Waals surface area contributed by atoms with E-state index in [-0.39, 0.29) is 16.3 Å². The van der Waals surface area contributed by atoms with Gasteiger partial charge in [-0.05, 0) is 36.4 Å². The number of esters is 1. The second-order valence-electron chi connectivity index (χ2n) is 4.71. The van der Waals surface area contributed by atoms with Crippen LogP contribution in [0.25, 0.3) is 0 Å². The van der Waals surface area contributed by atoms with Gasteiger partial charge in [-0.2, -0.15) is 0 Å². The number of rotatable bonds is 6. The van der Waals surface area contributed by atoms with E-state index in [1.54, 1.807) is 18.2 Å². The van der Waals surface area contributed by atoms with E-state index in [0.717, 1.165) is 35.7 Å². The molecule has 8 heteroatoms. The van der Waals surface area contributed by atoms with Crippen molar-refractivity contribution in [3.8, 4) is 5.75 Å². The largest absolute Gasteiger partial charge is 0.495 e. The maximum absolute atomic E-state index is 13.1. The van der Waals surface area contributed by atoms with Crippen molar-refractivity contribution < 1.29 is 27.1 Å². The highest BCUT2D eigenvalue weighted by atomic mass is 32.2. The van der Waals surface area contributed by atoms with Crippen LogP contribution in [0.1, 0.15) is 0 Å². The molecule has 128 valence electrons. The van der Waals surface area contributed by atoms with Crippen molar-refractivity contribution in [3.63, 3.8) is 0 Å². The molecule has 6 nitrogen and oxygen atoms in total. The molecule has 2 aromatic carbocycles. The number of benzene rings is 2. The monoisotopic (exact) mass is 353 g/mol. The number of hydrogen-bond acceptors (Lipinski definition) is 5. The Kier molecular flexibility index (Phi) is 5.40. The van der Waals surface area contributed by atoms with Crippen molar-refractivity contribution in [3.05, 3.63) is 54.3 Å². The molecule has 0 radical (unpaired) electrons. The SMILES string of the molecule is COC(=O)CN(c1ccccc1OC)S(=O)(=O)c1ccc(F)cc1. The van der Waals surface area contributed by atoms with Gasteiger partial charge < -0.3 is 9.47 Å². The summed E-state index contributed by atoms with van der Waals surface area (Å²) in [6.45, 7) is -0.545. The lowest BCUT2D eigenvalue weighted by molar-refractivity contribution is -0.138. The van der Waals surface area contributed by atoms with Gasteiger partial charge in [-0.1, -0.05) is 12.1 Å². The number of carbonyl (C=O) groups excluding carboxylic acids is 1. The summed E-state index contributed by atoms with van der Waals surface area (Å²) in [5, 5.41) is 0. The number of carbonyl (C=O) groups is 1. The van der Waals surface area contributed by atoms with E-state index >= 15 is 0 Å². The average Bonchev–Trinajstić information content (AvgIpc) is 2.59. The summed E-state index contributed by atoms with van der Waals surface area (Å²) in [7, 11) is -1.57. The van der Waals surface area contributed by atoms with E-state index in [2.05, 4.69) is 4.74 Å². The van der Waals surface area contributed by atoms with Gasteiger partial charge in [0.05, 0.1) is 24.8 Å². The van der Waals surface area contributed by atoms with Gasteiger partial charge in [0.15, 0.2) is 0 Å². The van der Waals surface area contributed by atoms with Crippen molar-refractivity contribution >= 4 is 21.7 Å². The number of halogens is 1. The fraction of sp³-hybridized carbons (Fsp3) is 0.188. The maximum Gasteiger partial charge on any atom is 0.326 e. The van der Waals surface area contributed by atoms with Crippen LogP contribution in [0.5, 0.6) is 5.75 Å². The highest BCUT2D eigenvalue weighted by Crippen LogP contribution is 2.32. The second kappa shape index (κ2) is 7.31. The molecule has 0 aliphatic heterocycles. The third-order valence-corrected chi connectivity index (χ3v) is 5.03. The standard InChI is InChI=1S/C16H16FNO5S/c1-22-15-6-4-3-5-14(15)18(11-16(19)23-2)24(20,21)13-9-7-12(17)8-10-13/h3-10H,11H2,1-2H3. The van der Waals surface area contributed by atoms with Crippen LogP contribution in [0.3, 0.4) is 0 Å². The molecule has 0 spiro atoms.